The third kappa shape index (κ3) is 3.85. The van der Waals surface area contributed by atoms with Crippen LogP contribution < -0.4 is 5.32 Å². The lowest BCUT2D eigenvalue weighted by atomic mass is 9.99. The number of aromatic nitrogens is 2. The minimum Gasteiger partial charge on any atom is -0.353 e. The van der Waals surface area contributed by atoms with Crippen LogP contribution in [0.25, 0.3) is 10.7 Å². The molecular weight excluding hydrogens is 400 g/mol. The summed E-state index contributed by atoms with van der Waals surface area (Å²) in [5.74, 6) is 0.619. The first-order valence-corrected chi connectivity index (χ1v) is 11.9. The molecule has 0 spiro atoms. The van der Waals surface area contributed by atoms with Gasteiger partial charge in [0.05, 0.1) is 15.7 Å². The molecule has 1 aliphatic heterocycles. The van der Waals surface area contributed by atoms with Gasteiger partial charge in [-0.1, -0.05) is 12.1 Å². The molecule has 1 N–H and O–H groups in total. The van der Waals surface area contributed by atoms with Crippen LogP contribution in [0.5, 0.6) is 0 Å². The van der Waals surface area contributed by atoms with Crippen LogP contribution in [0.4, 0.5) is 0 Å². The lowest BCUT2D eigenvalue weighted by molar-refractivity contribution is -0.126. The molecule has 1 aliphatic carbocycles. The van der Waals surface area contributed by atoms with Crippen molar-refractivity contribution < 1.29 is 17.7 Å². The van der Waals surface area contributed by atoms with E-state index in [2.05, 4.69) is 15.5 Å². The number of carbonyl (C=O) groups is 1. The van der Waals surface area contributed by atoms with Crippen molar-refractivity contribution in [2.45, 2.75) is 56.9 Å². The Hall–Kier alpha value is -1.78. The smallest absolute Gasteiger partial charge is 0.244 e. The fraction of sp³-hybridized carbons (Fsp3) is 0.611. The van der Waals surface area contributed by atoms with Crippen LogP contribution in [0.2, 0.25) is 0 Å². The Labute approximate surface area is 168 Å². The summed E-state index contributed by atoms with van der Waals surface area (Å²) in [7, 11) is -3.68. The molecule has 1 saturated carbocycles. The average molecular weight is 425 g/mol. The molecule has 0 aromatic carbocycles. The van der Waals surface area contributed by atoms with Crippen molar-refractivity contribution in [3.05, 3.63) is 16.8 Å². The second-order valence-electron chi connectivity index (χ2n) is 7.38. The van der Waals surface area contributed by atoms with E-state index >= 15 is 0 Å². The first-order valence-electron chi connectivity index (χ1n) is 9.62. The number of sulfonamides is 1. The number of nitrogens with zero attached hydrogens (tertiary/aromatic N) is 3. The van der Waals surface area contributed by atoms with Crippen molar-refractivity contribution in [1.29, 1.82) is 0 Å². The standard InChI is InChI=1S/C18H24N4O4S2/c1-3-16-20-17(21-26-16)14-9-15(11(2)27-14)28(24,25)22-8-4-5-12(10-22)18(23)19-13-6-7-13/h9,12-13H,3-8,10H2,1-2H3,(H,19,23). The summed E-state index contributed by atoms with van der Waals surface area (Å²) in [4.78, 5) is 18.3. The number of piperidine rings is 1. The average Bonchev–Trinajstić information content (AvgIpc) is 3.21. The van der Waals surface area contributed by atoms with Crippen LogP contribution in [-0.2, 0) is 21.2 Å². The number of thiophene rings is 1. The number of nitrogens with one attached hydrogen (secondary N) is 1. The maximum absolute atomic E-state index is 13.3. The Kier molecular flexibility index (Phi) is 5.28. The van der Waals surface area contributed by atoms with Gasteiger partial charge in [-0.25, -0.2) is 8.42 Å². The minimum atomic E-state index is -3.68. The Balaban J connectivity index is 1.54. The van der Waals surface area contributed by atoms with Gasteiger partial charge in [-0.15, -0.1) is 11.3 Å². The highest BCUT2D eigenvalue weighted by molar-refractivity contribution is 7.89. The highest BCUT2D eigenvalue weighted by Gasteiger charge is 2.36. The number of aryl methyl sites for hydroxylation is 2. The highest BCUT2D eigenvalue weighted by Crippen LogP contribution is 2.35. The maximum Gasteiger partial charge on any atom is 0.244 e. The quantitative estimate of drug-likeness (QED) is 0.763. The third-order valence-corrected chi connectivity index (χ3v) is 8.33. The van der Waals surface area contributed by atoms with E-state index in [0.29, 0.717) is 40.9 Å². The van der Waals surface area contributed by atoms with E-state index in [4.69, 9.17) is 4.52 Å². The topological polar surface area (TPSA) is 105 Å². The molecule has 3 heterocycles. The summed E-state index contributed by atoms with van der Waals surface area (Å²) in [6, 6.07) is 1.90. The molecule has 1 atom stereocenters. The van der Waals surface area contributed by atoms with Crippen molar-refractivity contribution >= 4 is 27.3 Å². The van der Waals surface area contributed by atoms with Gasteiger partial charge in [-0.05, 0) is 38.7 Å². The van der Waals surface area contributed by atoms with Gasteiger partial charge in [-0.2, -0.15) is 9.29 Å². The molecule has 8 nitrogen and oxygen atoms in total. The van der Waals surface area contributed by atoms with Crippen LogP contribution in [-0.4, -0.2) is 47.9 Å². The van der Waals surface area contributed by atoms with Gasteiger partial charge in [0, 0.05) is 30.4 Å². The van der Waals surface area contributed by atoms with Crippen molar-refractivity contribution in [3.63, 3.8) is 0 Å². The molecule has 2 aromatic rings. The lowest BCUT2D eigenvalue weighted by Crippen LogP contribution is -2.45. The molecule has 2 aromatic heterocycles. The van der Waals surface area contributed by atoms with Crippen LogP contribution >= 0.6 is 11.3 Å². The predicted molar refractivity (Wildman–Crippen MR) is 104 cm³/mol. The lowest BCUT2D eigenvalue weighted by Gasteiger charge is -2.31. The Bertz CT molecular complexity index is 978. The molecule has 152 valence electrons. The molecule has 28 heavy (non-hydrogen) atoms. The van der Waals surface area contributed by atoms with Gasteiger partial charge in [-0.3, -0.25) is 4.79 Å². The van der Waals surface area contributed by atoms with Gasteiger partial charge in [0.25, 0.3) is 0 Å². The number of amides is 1. The number of hydrogen-bond donors (Lipinski definition) is 1. The number of rotatable bonds is 6. The SMILES string of the molecule is CCc1nc(-c2cc(S(=O)(=O)N3CCCC(C(=O)NC4CC4)C3)c(C)s2)no1. The molecule has 0 radical (unpaired) electrons. The Morgan fingerprint density at radius 1 is 1.39 bits per heavy atom. The summed E-state index contributed by atoms with van der Waals surface area (Å²) < 4.78 is 33.1. The van der Waals surface area contributed by atoms with Gasteiger partial charge in [0.2, 0.25) is 27.6 Å². The number of carbonyl (C=O) groups excluding carboxylic acids is 1. The molecule has 1 saturated heterocycles. The zero-order valence-electron chi connectivity index (χ0n) is 16.0. The summed E-state index contributed by atoms with van der Waals surface area (Å²) in [6.07, 6.45) is 4.07. The van der Waals surface area contributed by atoms with Gasteiger partial charge < -0.3 is 9.84 Å². The summed E-state index contributed by atoms with van der Waals surface area (Å²) in [5.41, 5.74) is 0. The first-order chi connectivity index (χ1) is 13.4. The molecule has 2 fully saturated rings. The molecule has 2 aliphatic rings. The van der Waals surface area contributed by atoms with E-state index in [1.54, 1.807) is 13.0 Å². The van der Waals surface area contributed by atoms with Gasteiger partial charge >= 0.3 is 0 Å². The molecular formula is C18H24N4O4S2. The summed E-state index contributed by atoms with van der Waals surface area (Å²) in [5, 5.41) is 6.93. The van der Waals surface area contributed by atoms with Gasteiger partial charge in [0.1, 0.15) is 0 Å². The Morgan fingerprint density at radius 2 is 2.18 bits per heavy atom. The van der Waals surface area contributed by atoms with E-state index < -0.39 is 10.0 Å². The maximum atomic E-state index is 13.3. The van der Waals surface area contributed by atoms with E-state index in [1.165, 1.54) is 15.6 Å². The monoisotopic (exact) mass is 424 g/mol. The third-order valence-electron chi connectivity index (χ3n) is 5.16. The van der Waals surface area contributed by atoms with Crippen LogP contribution in [0.1, 0.15) is 43.4 Å². The van der Waals surface area contributed by atoms with Crippen molar-refractivity contribution in [2.75, 3.05) is 13.1 Å². The summed E-state index contributed by atoms with van der Waals surface area (Å²) >= 11 is 1.34. The van der Waals surface area contributed by atoms with Crippen LogP contribution in [0, 0.1) is 12.8 Å². The zero-order chi connectivity index (χ0) is 19.9. The highest BCUT2D eigenvalue weighted by atomic mass is 32.2. The summed E-state index contributed by atoms with van der Waals surface area (Å²) in [6.45, 7) is 4.36. The van der Waals surface area contributed by atoms with Crippen LogP contribution in [0.15, 0.2) is 15.5 Å². The minimum absolute atomic E-state index is 0.0241. The predicted octanol–water partition coefficient (Wildman–Crippen LogP) is 2.35. The van der Waals surface area contributed by atoms with E-state index in [9.17, 15) is 13.2 Å². The first kappa shape index (κ1) is 19.5. The van der Waals surface area contributed by atoms with E-state index in [-0.39, 0.29) is 29.3 Å². The molecule has 1 amide bonds. The Morgan fingerprint density at radius 3 is 2.86 bits per heavy atom. The zero-order valence-corrected chi connectivity index (χ0v) is 17.6. The largest absolute Gasteiger partial charge is 0.353 e. The van der Waals surface area contributed by atoms with Crippen molar-refractivity contribution in [1.82, 2.24) is 19.8 Å². The fourth-order valence-electron chi connectivity index (χ4n) is 3.39. The van der Waals surface area contributed by atoms with Crippen molar-refractivity contribution in [2.24, 2.45) is 5.92 Å². The normalized spacial score (nSPS) is 21.0. The number of hydrogen-bond acceptors (Lipinski definition) is 7. The molecule has 4 rings (SSSR count). The molecule has 0 bridgehead atoms. The fourth-order valence-corrected chi connectivity index (χ4v) is 6.40. The molecule has 10 heteroatoms. The van der Waals surface area contributed by atoms with Gasteiger partial charge in [0.15, 0.2) is 0 Å². The second kappa shape index (κ2) is 7.57. The van der Waals surface area contributed by atoms with Crippen LogP contribution in [0.3, 0.4) is 0 Å². The van der Waals surface area contributed by atoms with Crippen molar-refractivity contribution in [3.8, 4) is 10.7 Å². The van der Waals surface area contributed by atoms with E-state index in [1.807, 2.05) is 6.92 Å². The molecule has 1 unspecified atom stereocenters. The second-order valence-corrected chi connectivity index (χ2v) is 10.5. The van der Waals surface area contributed by atoms with E-state index in [0.717, 1.165) is 19.3 Å².